The zero-order valence-electron chi connectivity index (χ0n) is 14.5. The summed E-state index contributed by atoms with van der Waals surface area (Å²) in [4.78, 5) is 11.3. The van der Waals surface area contributed by atoms with Crippen molar-refractivity contribution in [1.29, 1.82) is 0 Å². The first kappa shape index (κ1) is 19.8. The second-order valence-corrected chi connectivity index (χ2v) is 9.60. The molecule has 1 saturated heterocycles. The van der Waals surface area contributed by atoms with Crippen LogP contribution in [0.3, 0.4) is 0 Å². The minimum Gasteiger partial charge on any atom is -0.381 e. The van der Waals surface area contributed by atoms with Crippen LogP contribution in [-0.2, 0) is 14.8 Å². The van der Waals surface area contributed by atoms with E-state index in [0.717, 1.165) is 11.0 Å². The standard InChI is InChI=1S/C18H20N2O5S2/c21-20(22)15-5-4-8-17(13-15)27(23,24)19-14-18(9-11-25-12-10-18)26-16-6-2-1-3-7-16/h1-8,13,19H,9-12,14H2. The van der Waals surface area contributed by atoms with Gasteiger partial charge in [0.15, 0.2) is 0 Å². The number of nitrogens with zero attached hydrogens (tertiary/aromatic N) is 1. The number of hydrogen-bond donors (Lipinski definition) is 1. The number of sulfonamides is 1. The minimum atomic E-state index is -3.85. The summed E-state index contributed by atoms with van der Waals surface area (Å²) in [6.45, 7) is 1.36. The fourth-order valence-electron chi connectivity index (χ4n) is 2.87. The molecular formula is C18H20N2O5S2. The monoisotopic (exact) mass is 408 g/mol. The van der Waals surface area contributed by atoms with Gasteiger partial charge in [-0.05, 0) is 31.0 Å². The van der Waals surface area contributed by atoms with Crippen molar-refractivity contribution in [3.63, 3.8) is 0 Å². The molecule has 0 amide bonds. The molecule has 0 aliphatic carbocycles. The molecule has 7 nitrogen and oxygen atoms in total. The highest BCUT2D eigenvalue weighted by atomic mass is 32.2. The lowest BCUT2D eigenvalue weighted by molar-refractivity contribution is -0.385. The van der Waals surface area contributed by atoms with Gasteiger partial charge in [0, 0.05) is 41.5 Å². The first-order valence-electron chi connectivity index (χ1n) is 8.46. The van der Waals surface area contributed by atoms with Gasteiger partial charge in [0.05, 0.1) is 9.82 Å². The van der Waals surface area contributed by atoms with E-state index in [1.165, 1.54) is 18.2 Å². The summed E-state index contributed by atoms with van der Waals surface area (Å²) in [7, 11) is -3.85. The lowest BCUT2D eigenvalue weighted by Gasteiger charge is -2.36. The van der Waals surface area contributed by atoms with Crippen LogP contribution in [0.25, 0.3) is 0 Å². The predicted octanol–water partition coefficient (Wildman–Crippen LogP) is 3.21. The van der Waals surface area contributed by atoms with E-state index >= 15 is 0 Å². The second-order valence-electron chi connectivity index (χ2n) is 6.29. The summed E-state index contributed by atoms with van der Waals surface area (Å²) < 4.78 is 33.1. The van der Waals surface area contributed by atoms with E-state index in [4.69, 9.17) is 4.74 Å². The van der Waals surface area contributed by atoms with Gasteiger partial charge < -0.3 is 4.74 Å². The number of nitrogens with one attached hydrogen (secondary N) is 1. The molecule has 2 aromatic rings. The Morgan fingerprint density at radius 2 is 1.81 bits per heavy atom. The Balaban J connectivity index is 1.78. The maximum Gasteiger partial charge on any atom is 0.270 e. The van der Waals surface area contributed by atoms with Crippen molar-refractivity contribution in [3.8, 4) is 0 Å². The van der Waals surface area contributed by atoms with Crippen LogP contribution in [0.2, 0.25) is 0 Å². The largest absolute Gasteiger partial charge is 0.381 e. The topological polar surface area (TPSA) is 98.5 Å². The molecular weight excluding hydrogens is 388 g/mol. The van der Waals surface area contributed by atoms with E-state index in [2.05, 4.69) is 4.72 Å². The van der Waals surface area contributed by atoms with Crippen LogP contribution in [-0.4, -0.2) is 37.8 Å². The smallest absolute Gasteiger partial charge is 0.270 e. The van der Waals surface area contributed by atoms with Gasteiger partial charge in [-0.2, -0.15) is 0 Å². The molecule has 0 atom stereocenters. The molecule has 9 heteroatoms. The normalized spacial score (nSPS) is 16.7. The van der Waals surface area contributed by atoms with Crippen LogP contribution >= 0.6 is 11.8 Å². The van der Waals surface area contributed by atoms with Gasteiger partial charge in [0.2, 0.25) is 10.0 Å². The van der Waals surface area contributed by atoms with Crippen LogP contribution in [0.1, 0.15) is 12.8 Å². The van der Waals surface area contributed by atoms with Crippen LogP contribution in [0.4, 0.5) is 5.69 Å². The Morgan fingerprint density at radius 3 is 2.48 bits per heavy atom. The molecule has 1 N–H and O–H groups in total. The highest BCUT2D eigenvalue weighted by molar-refractivity contribution is 8.00. The molecule has 0 aromatic heterocycles. The summed E-state index contributed by atoms with van der Waals surface area (Å²) in [5.41, 5.74) is -0.252. The first-order valence-corrected chi connectivity index (χ1v) is 10.8. The van der Waals surface area contributed by atoms with Crippen molar-refractivity contribution in [1.82, 2.24) is 4.72 Å². The quantitative estimate of drug-likeness (QED) is 0.558. The number of nitro benzene ring substituents is 1. The third-order valence-electron chi connectivity index (χ3n) is 4.40. The Bertz CT molecular complexity index is 897. The number of hydrogen-bond acceptors (Lipinski definition) is 6. The molecule has 0 bridgehead atoms. The van der Waals surface area contributed by atoms with Gasteiger partial charge in [-0.25, -0.2) is 13.1 Å². The number of non-ortho nitro benzene ring substituents is 1. The Morgan fingerprint density at radius 1 is 1.11 bits per heavy atom. The minimum absolute atomic E-state index is 0.108. The van der Waals surface area contributed by atoms with E-state index in [0.29, 0.717) is 26.1 Å². The van der Waals surface area contributed by atoms with Crippen molar-refractivity contribution < 1.29 is 18.1 Å². The van der Waals surface area contributed by atoms with Gasteiger partial charge >= 0.3 is 0 Å². The summed E-state index contributed by atoms with van der Waals surface area (Å²) in [5.74, 6) is 0. The molecule has 27 heavy (non-hydrogen) atoms. The fourth-order valence-corrected chi connectivity index (χ4v) is 5.44. The maximum atomic E-state index is 12.7. The van der Waals surface area contributed by atoms with Gasteiger partial charge in [0.25, 0.3) is 5.69 Å². The number of rotatable bonds is 7. The molecule has 1 fully saturated rings. The van der Waals surface area contributed by atoms with Gasteiger partial charge in [-0.15, -0.1) is 11.8 Å². The molecule has 1 heterocycles. The zero-order valence-corrected chi connectivity index (χ0v) is 16.2. The van der Waals surface area contributed by atoms with Gasteiger partial charge in [0.1, 0.15) is 0 Å². The number of benzene rings is 2. The van der Waals surface area contributed by atoms with Crippen molar-refractivity contribution in [3.05, 3.63) is 64.7 Å². The molecule has 3 rings (SSSR count). The molecule has 0 radical (unpaired) electrons. The third-order valence-corrected chi connectivity index (χ3v) is 7.30. The van der Waals surface area contributed by atoms with Crippen LogP contribution in [0.5, 0.6) is 0 Å². The maximum absolute atomic E-state index is 12.7. The Labute approximate surface area is 162 Å². The highest BCUT2D eigenvalue weighted by Crippen LogP contribution is 2.40. The summed E-state index contributed by atoms with van der Waals surface area (Å²) in [6.07, 6.45) is 1.42. The molecule has 1 aliphatic rings. The third kappa shape index (κ3) is 5.07. The predicted molar refractivity (Wildman–Crippen MR) is 103 cm³/mol. The van der Waals surface area contributed by atoms with Crippen molar-refractivity contribution in [2.45, 2.75) is 27.4 Å². The van der Waals surface area contributed by atoms with Gasteiger partial charge in [-0.3, -0.25) is 10.1 Å². The van der Waals surface area contributed by atoms with E-state index in [1.54, 1.807) is 11.8 Å². The zero-order chi connectivity index (χ0) is 19.3. The summed E-state index contributed by atoms with van der Waals surface area (Å²) in [6, 6.07) is 14.9. The number of ether oxygens (including phenoxy) is 1. The van der Waals surface area contributed by atoms with Crippen LogP contribution < -0.4 is 4.72 Å². The SMILES string of the molecule is O=[N+]([O-])c1cccc(S(=O)(=O)NCC2(Sc3ccccc3)CCOCC2)c1. The lowest BCUT2D eigenvalue weighted by atomic mass is 9.99. The Kier molecular flexibility index (Phi) is 6.15. The number of thioether (sulfide) groups is 1. The summed E-state index contributed by atoms with van der Waals surface area (Å²) >= 11 is 1.64. The second kappa shape index (κ2) is 8.39. The molecule has 0 unspecified atom stereocenters. The first-order chi connectivity index (χ1) is 12.9. The van der Waals surface area contributed by atoms with E-state index in [9.17, 15) is 18.5 Å². The number of nitro groups is 1. The van der Waals surface area contributed by atoms with Gasteiger partial charge in [-0.1, -0.05) is 24.3 Å². The fraction of sp³-hybridized carbons (Fsp3) is 0.333. The average Bonchev–Trinajstić information content (AvgIpc) is 2.68. The van der Waals surface area contributed by atoms with Crippen molar-refractivity contribution in [2.75, 3.05) is 19.8 Å². The molecule has 2 aromatic carbocycles. The van der Waals surface area contributed by atoms with Crippen LogP contribution in [0, 0.1) is 10.1 Å². The summed E-state index contributed by atoms with van der Waals surface area (Å²) in [5, 5.41) is 10.9. The molecule has 0 saturated carbocycles. The highest BCUT2D eigenvalue weighted by Gasteiger charge is 2.35. The molecule has 0 spiro atoms. The van der Waals surface area contributed by atoms with E-state index < -0.39 is 14.9 Å². The molecule has 144 valence electrons. The van der Waals surface area contributed by atoms with E-state index in [1.807, 2.05) is 30.3 Å². The van der Waals surface area contributed by atoms with Crippen LogP contribution in [0.15, 0.2) is 64.4 Å². The lowest BCUT2D eigenvalue weighted by Crippen LogP contribution is -2.44. The Hall–Kier alpha value is -1.94. The van der Waals surface area contributed by atoms with E-state index in [-0.39, 0.29) is 21.9 Å². The van der Waals surface area contributed by atoms with Crippen molar-refractivity contribution in [2.24, 2.45) is 0 Å². The average molecular weight is 409 g/mol. The van der Waals surface area contributed by atoms with Crippen molar-refractivity contribution >= 4 is 27.5 Å². The molecule has 1 aliphatic heterocycles.